The summed E-state index contributed by atoms with van der Waals surface area (Å²) in [7, 11) is 0. The molecular formula is C19H30IN5. The van der Waals surface area contributed by atoms with E-state index in [4.69, 9.17) is 4.99 Å². The number of guanidine groups is 1. The van der Waals surface area contributed by atoms with E-state index >= 15 is 0 Å². The van der Waals surface area contributed by atoms with Crippen molar-refractivity contribution in [2.24, 2.45) is 4.99 Å². The Morgan fingerprint density at radius 2 is 1.96 bits per heavy atom. The maximum atomic E-state index is 4.69. The van der Waals surface area contributed by atoms with Crippen LogP contribution in [0.3, 0.4) is 0 Å². The van der Waals surface area contributed by atoms with Gasteiger partial charge in [-0.15, -0.1) is 24.0 Å². The lowest BCUT2D eigenvalue weighted by Crippen LogP contribution is -2.37. The van der Waals surface area contributed by atoms with Gasteiger partial charge in [-0.1, -0.05) is 44.0 Å². The number of halogens is 1. The van der Waals surface area contributed by atoms with Gasteiger partial charge in [0.15, 0.2) is 5.96 Å². The minimum atomic E-state index is 0. The van der Waals surface area contributed by atoms with Crippen LogP contribution in [0.5, 0.6) is 0 Å². The smallest absolute Gasteiger partial charge is 0.191 e. The quantitative estimate of drug-likeness (QED) is 0.262. The van der Waals surface area contributed by atoms with Gasteiger partial charge >= 0.3 is 0 Å². The van der Waals surface area contributed by atoms with Crippen molar-refractivity contribution in [3.05, 3.63) is 53.9 Å². The Hall–Kier alpha value is -1.57. The van der Waals surface area contributed by atoms with E-state index in [1.165, 1.54) is 30.4 Å². The zero-order valence-electron chi connectivity index (χ0n) is 15.2. The Balaban J connectivity index is 0.00000312. The molecule has 1 aromatic heterocycles. The molecule has 0 saturated heterocycles. The molecule has 0 spiro atoms. The van der Waals surface area contributed by atoms with Crippen molar-refractivity contribution in [1.29, 1.82) is 0 Å². The molecule has 0 fully saturated rings. The molecule has 2 rings (SSSR count). The third kappa shape index (κ3) is 8.38. The van der Waals surface area contributed by atoms with Crippen LogP contribution in [0.15, 0.2) is 47.7 Å². The average Bonchev–Trinajstić information content (AvgIpc) is 3.10. The molecule has 0 radical (unpaired) electrons. The van der Waals surface area contributed by atoms with E-state index in [1.807, 2.05) is 16.9 Å². The number of aliphatic imine (C=N–C) groups is 1. The van der Waals surface area contributed by atoms with Gasteiger partial charge in [-0.05, 0) is 30.5 Å². The van der Waals surface area contributed by atoms with Gasteiger partial charge in [-0.2, -0.15) is 5.10 Å². The maximum Gasteiger partial charge on any atom is 0.191 e. The van der Waals surface area contributed by atoms with E-state index in [-0.39, 0.29) is 24.0 Å². The molecule has 6 heteroatoms. The Morgan fingerprint density at radius 1 is 1.12 bits per heavy atom. The Kier molecular flexibility index (Phi) is 10.9. The second-order valence-electron chi connectivity index (χ2n) is 5.85. The molecular weight excluding hydrogens is 425 g/mol. The summed E-state index contributed by atoms with van der Waals surface area (Å²) in [5.41, 5.74) is 2.46. The Labute approximate surface area is 168 Å². The van der Waals surface area contributed by atoms with Gasteiger partial charge in [0.05, 0.1) is 13.1 Å². The fourth-order valence-electron chi connectivity index (χ4n) is 2.50. The number of rotatable bonds is 9. The van der Waals surface area contributed by atoms with Crippen molar-refractivity contribution >= 4 is 29.9 Å². The van der Waals surface area contributed by atoms with Crippen molar-refractivity contribution in [1.82, 2.24) is 20.4 Å². The summed E-state index contributed by atoms with van der Waals surface area (Å²) in [6, 6.07) is 10.5. The lowest BCUT2D eigenvalue weighted by molar-refractivity contribution is 0.682. The van der Waals surface area contributed by atoms with E-state index in [1.54, 1.807) is 6.20 Å². The fourth-order valence-corrected chi connectivity index (χ4v) is 2.50. The molecule has 1 heterocycles. The fraction of sp³-hybridized carbons (Fsp3) is 0.474. The molecule has 2 aromatic rings. The second kappa shape index (κ2) is 12.7. The number of hydrogen-bond donors (Lipinski definition) is 2. The first-order valence-electron chi connectivity index (χ1n) is 8.89. The van der Waals surface area contributed by atoms with Crippen molar-refractivity contribution in [2.45, 2.75) is 46.2 Å². The summed E-state index contributed by atoms with van der Waals surface area (Å²) in [4.78, 5) is 4.69. The predicted molar refractivity (Wildman–Crippen MR) is 116 cm³/mol. The topological polar surface area (TPSA) is 54.2 Å². The highest BCUT2D eigenvalue weighted by atomic mass is 127. The van der Waals surface area contributed by atoms with Crippen molar-refractivity contribution in [3.8, 4) is 0 Å². The molecule has 0 aliphatic heterocycles. The first-order valence-corrected chi connectivity index (χ1v) is 8.89. The average molecular weight is 455 g/mol. The zero-order valence-corrected chi connectivity index (χ0v) is 17.6. The van der Waals surface area contributed by atoms with E-state index in [0.29, 0.717) is 6.54 Å². The second-order valence-corrected chi connectivity index (χ2v) is 5.85. The minimum Gasteiger partial charge on any atom is -0.357 e. The van der Waals surface area contributed by atoms with Gasteiger partial charge in [0, 0.05) is 25.5 Å². The van der Waals surface area contributed by atoms with Crippen LogP contribution in [0, 0.1) is 0 Å². The summed E-state index contributed by atoms with van der Waals surface area (Å²) in [5, 5.41) is 11.0. The molecule has 0 atom stereocenters. The molecule has 0 aliphatic rings. The summed E-state index contributed by atoms with van der Waals surface area (Å²) < 4.78 is 1.93. The molecule has 1 aromatic carbocycles. The SMILES string of the molecule is CCCCCNC(=NCc1cccc(Cn2cccn2)c1)NCC.I. The van der Waals surface area contributed by atoms with Crippen LogP contribution in [0.25, 0.3) is 0 Å². The van der Waals surface area contributed by atoms with Crippen molar-refractivity contribution in [3.63, 3.8) is 0 Å². The Morgan fingerprint density at radius 3 is 2.68 bits per heavy atom. The lowest BCUT2D eigenvalue weighted by atomic mass is 10.1. The third-order valence-electron chi connectivity index (χ3n) is 3.73. The van der Waals surface area contributed by atoms with Crippen molar-refractivity contribution in [2.75, 3.05) is 13.1 Å². The molecule has 5 nitrogen and oxygen atoms in total. The van der Waals surface area contributed by atoms with Crippen molar-refractivity contribution < 1.29 is 0 Å². The highest BCUT2D eigenvalue weighted by molar-refractivity contribution is 14.0. The highest BCUT2D eigenvalue weighted by Gasteiger charge is 2.00. The summed E-state index contributed by atoms with van der Waals surface area (Å²) >= 11 is 0. The summed E-state index contributed by atoms with van der Waals surface area (Å²) in [5.74, 6) is 0.895. The zero-order chi connectivity index (χ0) is 17.0. The standard InChI is InChI=1S/C19H29N5.HI/c1-3-5-6-11-21-19(20-4-2)22-15-17-9-7-10-18(14-17)16-24-13-8-12-23-24;/h7-10,12-14H,3-6,11,15-16H2,1-2H3,(H2,20,21,22);1H. The maximum absolute atomic E-state index is 4.69. The van der Waals surface area contributed by atoms with E-state index in [9.17, 15) is 0 Å². The molecule has 0 bridgehead atoms. The molecule has 138 valence electrons. The number of benzene rings is 1. The molecule has 0 unspecified atom stereocenters. The Bertz CT molecular complexity index is 610. The monoisotopic (exact) mass is 455 g/mol. The number of nitrogens with zero attached hydrogens (tertiary/aromatic N) is 3. The van der Waals surface area contributed by atoms with Crippen LogP contribution < -0.4 is 10.6 Å². The van der Waals surface area contributed by atoms with E-state index in [0.717, 1.165) is 25.6 Å². The minimum absolute atomic E-state index is 0. The summed E-state index contributed by atoms with van der Waals surface area (Å²) in [6.45, 7) is 7.62. The van der Waals surface area contributed by atoms with Crippen LogP contribution in [0.2, 0.25) is 0 Å². The normalized spacial score (nSPS) is 11.0. The van der Waals surface area contributed by atoms with Crippen LogP contribution >= 0.6 is 24.0 Å². The van der Waals surface area contributed by atoms with Crippen LogP contribution in [0.1, 0.15) is 44.2 Å². The molecule has 0 aliphatic carbocycles. The largest absolute Gasteiger partial charge is 0.357 e. The third-order valence-corrected chi connectivity index (χ3v) is 3.73. The number of aromatic nitrogens is 2. The first-order chi connectivity index (χ1) is 11.8. The molecule has 2 N–H and O–H groups in total. The van der Waals surface area contributed by atoms with E-state index in [2.05, 4.69) is 53.8 Å². The lowest BCUT2D eigenvalue weighted by Gasteiger charge is -2.11. The van der Waals surface area contributed by atoms with Crippen LogP contribution in [-0.4, -0.2) is 28.8 Å². The van der Waals surface area contributed by atoms with Crippen LogP contribution in [0.4, 0.5) is 0 Å². The van der Waals surface area contributed by atoms with Gasteiger partial charge in [0.2, 0.25) is 0 Å². The molecule has 0 saturated carbocycles. The van der Waals surface area contributed by atoms with Crippen LogP contribution in [-0.2, 0) is 13.1 Å². The molecule has 0 amide bonds. The van der Waals surface area contributed by atoms with Gasteiger partial charge in [-0.25, -0.2) is 4.99 Å². The first kappa shape index (κ1) is 21.5. The number of unbranched alkanes of at least 4 members (excludes halogenated alkanes) is 2. The number of nitrogens with one attached hydrogen (secondary N) is 2. The molecule has 25 heavy (non-hydrogen) atoms. The van der Waals surface area contributed by atoms with Gasteiger partial charge in [0.1, 0.15) is 0 Å². The van der Waals surface area contributed by atoms with E-state index < -0.39 is 0 Å². The number of hydrogen-bond acceptors (Lipinski definition) is 2. The van der Waals surface area contributed by atoms with Gasteiger partial charge < -0.3 is 10.6 Å². The van der Waals surface area contributed by atoms with Gasteiger partial charge in [0.25, 0.3) is 0 Å². The van der Waals surface area contributed by atoms with Gasteiger partial charge in [-0.3, -0.25) is 4.68 Å². The highest BCUT2D eigenvalue weighted by Crippen LogP contribution is 2.08. The predicted octanol–water partition coefficient (Wildman–Crippen LogP) is 3.79. The summed E-state index contributed by atoms with van der Waals surface area (Å²) in [6.07, 6.45) is 7.45.